The number of carbonyl (C=O) groups is 4. The van der Waals surface area contributed by atoms with Gasteiger partial charge in [0.05, 0.1) is 10.8 Å². The lowest BCUT2D eigenvalue weighted by Crippen LogP contribution is -2.37. The van der Waals surface area contributed by atoms with E-state index in [0.29, 0.717) is 18.4 Å². The van der Waals surface area contributed by atoms with E-state index in [1.807, 2.05) is 13.8 Å². The van der Waals surface area contributed by atoms with Crippen molar-refractivity contribution in [3.63, 3.8) is 0 Å². The Balaban J connectivity index is 3.07. The predicted octanol–water partition coefficient (Wildman–Crippen LogP) is 4.12. The van der Waals surface area contributed by atoms with Crippen LogP contribution >= 0.6 is 0 Å². The van der Waals surface area contributed by atoms with Crippen molar-refractivity contribution < 1.29 is 38.1 Å². The van der Waals surface area contributed by atoms with E-state index in [1.54, 1.807) is 47.6 Å². The van der Waals surface area contributed by atoms with Crippen LogP contribution in [0.1, 0.15) is 80.2 Å². The fourth-order valence-corrected chi connectivity index (χ4v) is 2.58. The molecule has 2 N–H and O–H groups in total. The normalized spacial score (nSPS) is 13.4. The molecule has 1 aromatic carbocycles. The summed E-state index contributed by atoms with van der Waals surface area (Å²) in [5, 5.41) is 0. The molecule has 202 valence electrons. The molecule has 0 spiro atoms. The molecular formula is C27H41NO8. The molecule has 0 aliphatic rings. The highest BCUT2D eigenvalue weighted by Gasteiger charge is 2.31. The lowest BCUT2D eigenvalue weighted by atomic mass is 9.90. The quantitative estimate of drug-likeness (QED) is 0.309. The molecule has 0 saturated heterocycles. The Kier molecular flexibility index (Phi) is 11.6. The van der Waals surface area contributed by atoms with Crippen LogP contribution in [0.3, 0.4) is 0 Å². The monoisotopic (exact) mass is 507 g/mol. The molecule has 1 aromatic rings. The summed E-state index contributed by atoms with van der Waals surface area (Å²) in [5.74, 6) is -1.82. The van der Waals surface area contributed by atoms with Gasteiger partial charge in [0.1, 0.15) is 18.8 Å². The van der Waals surface area contributed by atoms with Crippen LogP contribution in [0, 0.1) is 10.8 Å². The van der Waals surface area contributed by atoms with Gasteiger partial charge in [-0.25, -0.2) is 0 Å². The molecule has 36 heavy (non-hydrogen) atoms. The average molecular weight is 508 g/mol. The summed E-state index contributed by atoms with van der Waals surface area (Å²) in [4.78, 5) is 49.1. The Morgan fingerprint density at radius 3 is 1.92 bits per heavy atom. The van der Waals surface area contributed by atoms with E-state index in [9.17, 15) is 19.2 Å². The van der Waals surface area contributed by atoms with E-state index in [2.05, 4.69) is 0 Å². The minimum absolute atomic E-state index is 0.0629. The number of hydrogen-bond donors (Lipinski definition) is 1. The second kappa shape index (κ2) is 13.4. The number of carbonyl (C=O) groups excluding carboxylic acids is 4. The van der Waals surface area contributed by atoms with Gasteiger partial charge >= 0.3 is 23.9 Å². The van der Waals surface area contributed by atoms with E-state index >= 15 is 0 Å². The van der Waals surface area contributed by atoms with E-state index in [-0.39, 0.29) is 30.9 Å². The first-order valence-corrected chi connectivity index (χ1v) is 12.4. The highest BCUT2D eigenvalue weighted by atomic mass is 16.6. The number of esters is 4. The zero-order valence-corrected chi connectivity index (χ0v) is 22.8. The average Bonchev–Trinajstić information content (AvgIpc) is 2.83. The van der Waals surface area contributed by atoms with Gasteiger partial charge in [-0.2, -0.15) is 0 Å². The maximum Gasteiger partial charge on any atom is 0.323 e. The largest absolute Gasteiger partial charge is 0.462 e. The SMILES string of the molecule is CCC(=O)OC[C@H](C)OC(=O)[C@@H](N)Cc1ccc(OC(=O)C(C)(C)CC)c(OC(=O)C(C)(C)CC)c1. The Hall–Kier alpha value is -2.94. The smallest absolute Gasteiger partial charge is 0.323 e. The van der Waals surface area contributed by atoms with Crippen LogP contribution in [-0.2, 0) is 35.1 Å². The highest BCUT2D eigenvalue weighted by molar-refractivity contribution is 5.81. The second-order valence-electron chi connectivity index (χ2n) is 10.1. The fraction of sp³-hybridized carbons (Fsp3) is 0.630. The molecular weight excluding hydrogens is 466 g/mol. The number of benzene rings is 1. The van der Waals surface area contributed by atoms with Crippen molar-refractivity contribution in [3.05, 3.63) is 23.8 Å². The first-order valence-electron chi connectivity index (χ1n) is 12.4. The van der Waals surface area contributed by atoms with E-state index < -0.39 is 46.9 Å². The summed E-state index contributed by atoms with van der Waals surface area (Å²) < 4.78 is 21.5. The van der Waals surface area contributed by atoms with Crippen molar-refractivity contribution in [1.29, 1.82) is 0 Å². The van der Waals surface area contributed by atoms with Gasteiger partial charge in [-0.15, -0.1) is 0 Å². The molecule has 0 bridgehead atoms. The Labute approximate surface area is 214 Å². The van der Waals surface area contributed by atoms with Crippen LogP contribution < -0.4 is 15.2 Å². The minimum atomic E-state index is -1.02. The van der Waals surface area contributed by atoms with Crippen molar-refractivity contribution in [2.45, 2.75) is 93.2 Å². The first-order chi connectivity index (χ1) is 16.7. The molecule has 0 aliphatic carbocycles. The van der Waals surface area contributed by atoms with Gasteiger partial charge in [0, 0.05) is 6.42 Å². The van der Waals surface area contributed by atoms with E-state index in [0.717, 1.165) is 0 Å². The molecule has 0 aliphatic heterocycles. The van der Waals surface area contributed by atoms with Crippen molar-refractivity contribution in [2.24, 2.45) is 16.6 Å². The van der Waals surface area contributed by atoms with Gasteiger partial charge in [-0.1, -0.05) is 26.8 Å². The van der Waals surface area contributed by atoms with E-state index in [1.165, 1.54) is 12.1 Å². The maximum atomic E-state index is 12.8. The first kappa shape index (κ1) is 31.1. The van der Waals surface area contributed by atoms with Gasteiger partial charge in [0.15, 0.2) is 11.5 Å². The molecule has 0 saturated carbocycles. The zero-order valence-electron chi connectivity index (χ0n) is 22.8. The summed E-state index contributed by atoms with van der Waals surface area (Å²) in [7, 11) is 0. The molecule has 0 radical (unpaired) electrons. The van der Waals surface area contributed by atoms with Gasteiger partial charge in [-0.3, -0.25) is 19.2 Å². The van der Waals surface area contributed by atoms with Crippen LogP contribution in [0.5, 0.6) is 11.5 Å². The molecule has 0 heterocycles. The van der Waals surface area contributed by atoms with Gasteiger partial charge in [0.25, 0.3) is 0 Å². The summed E-state index contributed by atoms with van der Waals surface area (Å²) in [6.07, 6.45) is 0.761. The molecule has 0 fully saturated rings. The van der Waals surface area contributed by atoms with Crippen molar-refractivity contribution in [1.82, 2.24) is 0 Å². The van der Waals surface area contributed by atoms with Gasteiger partial charge < -0.3 is 24.7 Å². The Morgan fingerprint density at radius 2 is 1.42 bits per heavy atom. The van der Waals surface area contributed by atoms with Gasteiger partial charge in [0.2, 0.25) is 0 Å². The summed E-state index contributed by atoms with van der Waals surface area (Å²) in [6, 6.07) is 3.68. The topological polar surface area (TPSA) is 131 Å². The number of ether oxygens (including phenoxy) is 4. The Morgan fingerprint density at radius 1 is 0.889 bits per heavy atom. The lowest BCUT2D eigenvalue weighted by molar-refractivity contribution is -0.158. The molecule has 1 rings (SSSR count). The van der Waals surface area contributed by atoms with Crippen molar-refractivity contribution in [2.75, 3.05) is 6.61 Å². The standard InChI is InChI=1S/C27H41NO8/c1-9-22(29)33-16-17(4)34-23(30)19(28)14-18-12-13-20(35-24(31)26(5,6)10-2)21(15-18)36-25(32)27(7,8)11-3/h12-13,15,17,19H,9-11,14,16,28H2,1-8H3/t17-,19-/m0/s1. The van der Waals surface area contributed by atoms with Crippen molar-refractivity contribution in [3.8, 4) is 11.5 Å². The third-order valence-corrected chi connectivity index (χ3v) is 6.13. The van der Waals surface area contributed by atoms with Crippen LogP contribution in [0.15, 0.2) is 18.2 Å². The lowest BCUT2D eigenvalue weighted by Gasteiger charge is -2.23. The summed E-state index contributed by atoms with van der Waals surface area (Å²) in [5.41, 5.74) is 5.14. The third-order valence-electron chi connectivity index (χ3n) is 6.13. The molecule has 9 heteroatoms. The zero-order chi connectivity index (χ0) is 27.7. The number of rotatable bonds is 13. The summed E-state index contributed by atoms with van der Waals surface area (Å²) in [6.45, 7) is 14.0. The third kappa shape index (κ3) is 9.26. The minimum Gasteiger partial charge on any atom is -0.462 e. The highest BCUT2D eigenvalue weighted by Crippen LogP contribution is 2.34. The number of nitrogens with two attached hydrogens (primary N) is 1. The van der Waals surface area contributed by atoms with E-state index in [4.69, 9.17) is 24.7 Å². The van der Waals surface area contributed by atoms with Crippen LogP contribution in [-0.4, -0.2) is 42.6 Å². The molecule has 2 atom stereocenters. The predicted molar refractivity (Wildman–Crippen MR) is 134 cm³/mol. The van der Waals surface area contributed by atoms with Crippen LogP contribution in [0.4, 0.5) is 0 Å². The van der Waals surface area contributed by atoms with Gasteiger partial charge in [-0.05, 0) is 71.6 Å². The van der Waals surface area contributed by atoms with Crippen LogP contribution in [0.25, 0.3) is 0 Å². The van der Waals surface area contributed by atoms with Crippen molar-refractivity contribution >= 4 is 23.9 Å². The van der Waals surface area contributed by atoms with Crippen LogP contribution in [0.2, 0.25) is 0 Å². The molecule has 9 nitrogen and oxygen atoms in total. The summed E-state index contributed by atoms with van der Waals surface area (Å²) >= 11 is 0. The molecule has 0 unspecified atom stereocenters. The maximum absolute atomic E-state index is 12.8. The Bertz CT molecular complexity index is 938. The fourth-order valence-electron chi connectivity index (χ4n) is 2.58. The molecule has 0 aromatic heterocycles. The second-order valence-corrected chi connectivity index (χ2v) is 10.1. The molecule has 0 amide bonds. The number of hydrogen-bond acceptors (Lipinski definition) is 9.